The molecule has 0 aliphatic carbocycles. The Morgan fingerprint density at radius 1 is 1.19 bits per heavy atom. The van der Waals surface area contributed by atoms with Gasteiger partial charge in [-0.25, -0.2) is 0 Å². The first-order chi connectivity index (χ1) is 10.1. The fraction of sp³-hybridized carbons (Fsp3) is 0.471. The van der Waals surface area contributed by atoms with Gasteiger partial charge in [0.15, 0.2) is 0 Å². The molecule has 2 rings (SSSR count). The van der Waals surface area contributed by atoms with Crippen LogP contribution in [0, 0.1) is 0 Å². The summed E-state index contributed by atoms with van der Waals surface area (Å²) in [7, 11) is 0. The van der Waals surface area contributed by atoms with Crippen molar-refractivity contribution in [1.82, 2.24) is 4.98 Å². The van der Waals surface area contributed by atoms with Crippen LogP contribution in [0.25, 0.3) is 10.9 Å². The first kappa shape index (κ1) is 15.7. The summed E-state index contributed by atoms with van der Waals surface area (Å²) in [6.45, 7) is 6.44. The van der Waals surface area contributed by atoms with E-state index < -0.39 is 6.10 Å². The highest BCUT2D eigenvalue weighted by molar-refractivity contribution is 5.85. The maximum atomic E-state index is 9.89. The zero-order valence-corrected chi connectivity index (χ0v) is 12.9. The van der Waals surface area contributed by atoms with Gasteiger partial charge >= 0.3 is 0 Å². The van der Waals surface area contributed by atoms with Gasteiger partial charge in [-0.1, -0.05) is 19.1 Å². The second-order valence-electron chi connectivity index (χ2n) is 5.33. The minimum Gasteiger partial charge on any atom is -0.490 e. The van der Waals surface area contributed by atoms with Gasteiger partial charge in [0.05, 0.1) is 18.2 Å². The molecule has 0 fully saturated rings. The quantitative estimate of drug-likeness (QED) is 0.851. The highest BCUT2D eigenvalue weighted by Gasteiger charge is 2.10. The van der Waals surface area contributed by atoms with E-state index in [1.807, 2.05) is 44.2 Å². The summed E-state index contributed by atoms with van der Waals surface area (Å²) in [5.41, 5.74) is 1.90. The number of aryl methyl sites for hydroxylation is 1. The molecule has 0 spiro atoms. The van der Waals surface area contributed by atoms with Crippen molar-refractivity contribution in [3.63, 3.8) is 0 Å². The number of benzene rings is 1. The molecular weight excluding hydrogens is 266 g/mol. The molecule has 21 heavy (non-hydrogen) atoms. The molecule has 2 aromatic rings. The monoisotopic (exact) mass is 289 g/mol. The number of aliphatic hydroxyl groups excluding tert-OH is 1. The number of ether oxygens (including phenoxy) is 2. The van der Waals surface area contributed by atoms with Crippen LogP contribution in [-0.4, -0.2) is 35.5 Å². The number of fused-ring (bicyclic) bond motifs is 1. The third kappa shape index (κ3) is 4.41. The van der Waals surface area contributed by atoms with Crippen LogP contribution in [0.5, 0.6) is 5.75 Å². The lowest BCUT2D eigenvalue weighted by Crippen LogP contribution is -2.25. The van der Waals surface area contributed by atoms with Crippen LogP contribution in [0.15, 0.2) is 30.3 Å². The van der Waals surface area contributed by atoms with E-state index in [2.05, 4.69) is 11.9 Å². The number of hydrogen-bond donors (Lipinski definition) is 1. The van der Waals surface area contributed by atoms with Gasteiger partial charge in [0.1, 0.15) is 18.5 Å². The summed E-state index contributed by atoms with van der Waals surface area (Å²) in [5.74, 6) is 0.765. The highest BCUT2D eigenvalue weighted by atomic mass is 16.5. The predicted molar refractivity (Wildman–Crippen MR) is 83.7 cm³/mol. The lowest BCUT2D eigenvalue weighted by molar-refractivity contribution is -0.0120. The van der Waals surface area contributed by atoms with E-state index in [4.69, 9.17) is 9.47 Å². The van der Waals surface area contributed by atoms with Crippen molar-refractivity contribution in [3.05, 3.63) is 36.0 Å². The Morgan fingerprint density at radius 2 is 1.95 bits per heavy atom. The van der Waals surface area contributed by atoms with Gasteiger partial charge in [0.2, 0.25) is 0 Å². The maximum absolute atomic E-state index is 9.89. The Hall–Kier alpha value is -1.65. The molecule has 0 radical (unpaired) electrons. The molecule has 0 aliphatic heterocycles. The van der Waals surface area contributed by atoms with Gasteiger partial charge in [-0.15, -0.1) is 0 Å². The Labute approximate surface area is 125 Å². The molecule has 1 aromatic heterocycles. The third-order valence-corrected chi connectivity index (χ3v) is 3.15. The van der Waals surface area contributed by atoms with E-state index >= 15 is 0 Å². The van der Waals surface area contributed by atoms with E-state index in [0.29, 0.717) is 0 Å². The molecule has 0 amide bonds. The van der Waals surface area contributed by atoms with Gasteiger partial charge in [-0.3, -0.25) is 4.98 Å². The smallest absolute Gasteiger partial charge is 0.130 e. The Morgan fingerprint density at radius 3 is 2.67 bits per heavy atom. The van der Waals surface area contributed by atoms with Crippen LogP contribution in [0.4, 0.5) is 0 Å². The van der Waals surface area contributed by atoms with Crippen molar-refractivity contribution in [2.45, 2.75) is 39.4 Å². The molecule has 0 aliphatic rings. The second-order valence-corrected chi connectivity index (χ2v) is 5.33. The summed E-state index contributed by atoms with van der Waals surface area (Å²) < 4.78 is 11.2. The fourth-order valence-corrected chi connectivity index (χ4v) is 2.03. The molecule has 0 saturated carbocycles. The number of rotatable bonds is 7. The molecule has 1 aromatic carbocycles. The van der Waals surface area contributed by atoms with Gasteiger partial charge in [-0.2, -0.15) is 0 Å². The fourth-order valence-electron chi connectivity index (χ4n) is 2.03. The summed E-state index contributed by atoms with van der Waals surface area (Å²) in [5, 5.41) is 10.9. The minimum atomic E-state index is -0.635. The van der Waals surface area contributed by atoms with Crippen LogP contribution in [0.3, 0.4) is 0 Å². The SMILES string of the molecule is CCc1cc(OC[C@@H](O)COC(C)C)c2ccccc2n1. The molecule has 0 saturated heterocycles. The molecule has 4 heteroatoms. The van der Waals surface area contributed by atoms with Gasteiger partial charge < -0.3 is 14.6 Å². The van der Waals surface area contributed by atoms with Crippen molar-refractivity contribution < 1.29 is 14.6 Å². The second kappa shape index (κ2) is 7.38. The van der Waals surface area contributed by atoms with Crippen molar-refractivity contribution in [1.29, 1.82) is 0 Å². The number of pyridine rings is 1. The van der Waals surface area contributed by atoms with Crippen molar-refractivity contribution >= 4 is 10.9 Å². The predicted octanol–water partition coefficient (Wildman–Crippen LogP) is 2.96. The van der Waals surface area contributed by atoms with Crippen LogP contribution in [0.2, 0.25) is 0 Å². The number of aromatic nitrogens is 1. The standard InChI is InChI=1S/C17H23NO3/c1-4-13-9-17(15-7-5-6-8-16(15)18-13)21-11-14(19)10-20-12(2)3/h5-9,12,14,19H,4,10-11H2,1-3H3/t14-/m0/s1. The number of hydrogen-bond acceptors (Lipinski definition) is 4. The first-order valence-electron chi connectivity index (χ1n) is 7.41. The zero-order chi connectivity index (χ0) is 15.2. The van der Waals surface area contributed by atoms with E-state index in [1.54, 1.807) is 0 Å². The molecule has 0 bridgehead atoms. The summed E-state index contributed by atoms with van der Waals surface area (Å²) in [6, 6.07) is 9.82. The third-order valence-electron chi connectivity index (χ3n) is 3.15. The summed E-state index contributed by atoms with van der Waals surface area (Å²) in [6.07, 6.45) is 0.317. The Balaban J connectivity index is 2.10. The van der Waals surface area contributed by atoms with E-state index in [0.717, 1.165) is 28.8 Å². The number of nitrogens with zero attached hydrogens (tertiary/aromatic N) is 1. The van der Waals surface area contributed by atoms with Crippen LogP contribution < -0.4 is 4.74 Å². The maximum Gasteiger partial charge on any atom is 0.130 e. The normalized spacial score (nSPS) is 12.8. The first-order valence-corrected chi connectivity index (χ1v) is 7.41. The molecular formula is C17H23NO3. The summed E-state index contributed by atoms with van der Waals surface area (Å²) >= 11 is 0. The molecule has 1 atom stereocenters. The lowest BCUT2D eigenvalue weighted by atomic mass is 10.1. The number of para-hydroxylation sites is 1. The Bertz CT molecular complexity index is 583. The molecule has 0 unspecified atom stereocenters. The average molecular weight is 289 g/mol. The molecule has 1 heterocycles. The topological polar surface area (TPSA) is 51.6 Å². The average Bonchev–Trinajstić information content (AvgIpc) is 2.50. The van der Waals surface area contributed by atoms with Crippen molar-refractivity contribution in [2.24, 2.45) is 0 Å². The molecule has 4 nitrogen and oxygen atoms in total. The van der Waals surface area contributed by atoms with Crippen LogP contribution in [-0.2, 0) is 11.2 Å². The lowest BCUT2D eigenvalue weighted by Gasteiger charge is -2.16. The van der Waals surface area contributed by atoms with Crippen LogP contribution in [0.1, 0.15) is 26.5 Å². The number of aliphatic hydroxyl groups is 1. The van der Waals surface area contributed by atoms with E-state index in [9.17, 15) is 5.11 Å². The molecule has 1 N–H and O–H groups in total. The highest BCUT2D eigenvalue weighted by Crippen LogP contribution is 2.25. The summed E-state index contributed by atoms with van der Waals surface area (Å²) in [4.78, 5) is 4.57. The molecule has 114 valence electrons. The largest absolute Gasteiger partial charge is 0.490 e. The minimum absolute atomic E-state index is 0.105. The van der Waals surface area contributed by atoms with E-state index in [-0.39, 0.29) is 19.3 Å². The Kier molecular flexibility index (Phi) is 5.53. The van der Waals surface area contributed by atoms with Gasteiger partial charge in [-0.05, 0) is 32.4 Å². The van der Waals surface area contributed by atoms with Gasteiger partial charge in [0, 0.05) is 17.1 Å². The van der Waals surface area contributed by atoms with Gasteiger partial charge in [0.25, 0.3) is 0 Å². The zero-order valence-electron chi connectivity index (χ0n) is 12.9. The van der Waals surface area contributed by atoms with Crippen LogP contribution >= 0.6 is 0 Å². The van der Waals surface area contributed by atoms with E-state index in [1.165, 1.54) is 0 Å². The van der Waals surface area contributed by atoms with Crippen molar-refractivity contribution in [3.8, 4) is 5.75 Å². The van der Waals surface area contributed by atoms with Crippen molar-refractivity contribution in [2.75, 3.05) is 13.2 Å².